The zero-order valence-corrected chi connectivity index (χ0v) is 16.2. The fourth-order valence-electron chi connectivity index (χ4n) is 2.55. The largest absolute Gasteiger partial charge is 0.496 e. The van der Waals surface area contributed by atoms with Gasteiger partial charge in [0.1, 0.15) is 22.9 Å². The highest BCUT2D eigenvalue weighted by Crippen LogP contribution is 2.40. The van der Waals surface area contributed by atoms with Crippen LogP contribution >= 0.6 is 0 Å². The summed E-state index contributed by atoms with van der Waals surface area (Å²) in [4.78, 5) is 23.3. The Kier molecular flexibility index (Phi) is 8.22. The molecule has 146 valence electrons. The van der Waals surface area contributed by atoms with Gasteiger partial charge in [-0.3, -0.25) is 9.59 Å². The van der Waals surface area contributed by atoms with Crippen molar-refractivity contribution in [2.75, 3.05) is 26.6 Å². The molecule has 26 heavy (non-hydrogen) atoms. The second-order valence-corrected chi connectivity index (χ2v) is 6.70. The van der Waals surface area contributed by atoms with Gasteiger partial charge in [-0.15, -0.1) is 0 Å². The molecule has 0 atom stereocenters. The number of benzene rings is 1. The molecule has 0 saturated carbocycles. The number of hydrogen-bond acceptors (Lipinski definition) is 5. The molecule has 0 aliphatic heterocycles. The zero-order chi connectivity index (χ0) is 19.7. The maximum Gasteiger partial charge on any atom is 0.303 e. The number of anilines is 1. The van der Waals surface area contributed by atoms with Crippen LogP contribution in [0.3, 0.4) is 0 Å². The van der Waals surface area contributed by atoms with E-state index in [9.17, 15) is 9.59 Å². The number of aliphatic carboxylic acids is 1. The fourth-order valence-corrected chi connectivity index (χ4v) is 2.55. The monoisotopic (exact) mass is 367 g/mol. The smallest absolute Gasteiger partial charge is 0.303 e. The highest BCUT2D eigenvalue weighted by molar-refractivity contribution is 5.97. The molecular weight excluding hydrogens is 338 g/mol. The SMILES string of the molecule is COc1cc(OC)c(NC(=O)C(C)(C)CCCCCC(=O)O)c(OC)c1. The molecule has 1 amide bonds. The van der Waals surface area contributed by atoms with Crippen LogP contribution < -0.4 is 19.5 Å². The summed E-state index contributed by atoms with van der Waals surface area (Å²) in [5, 5.41) is 11.6. The van der Waals surface area contributed by atoms with Gasteiger partial charge >= 0.3 is 5.97 Å². The van der Waals surface area contributed by atoms with Gasteiger partial charge in [0.25, 0.3) is 0 Å². The van der Waals surface area contributed by atoms with Crippen LogP contribution in [-0.4, -0.2) is 38.3 Å². The van der Waals surface area contributed by atoms with E-state index in [4.69, 9.17) is 19.3 Å². The topological polar surface area (TPSA) is 94.1 Å². The summed E-state index contributed by atoms with van der Waals surface area (Å²) in [5.41, 5.74) is -0.154. The molecule has 0 unspecified atom stereocenters. The molecule has 0 aliphatic carbocycles. The van der Waals surface area contributed by atoms with Crippen molar-refractivity contribution < 1.29 is 28.9 Å². The second kappa shape index (κ2) is 9.89. The summed E-state index contributed by atoms with van der Waals surface area (Å²) in [6.07, 6.45) is 2.99. The van der Waals surface area contributed by atoms with Gasteiger partial charge < -0.3 is 24.6 Å². The Bertz CT molecular complexity index is 601. The Morgan fingerprint density at radius 2 is 1.58 bits per heavy atom. The molecule has 7 nitrogen and oxygen atoms in total. The number of nitrogens with one attached hydrogen (secondary N) is 1. The van der Waals surface area contributed by atoms with E-state index in [1.807, 2.05) is 13.8 Å². The minimum atomic E-state index is -0.791. The van der Waals surface area contributed by atoms with Crippen LogP contribution in [0.1, 0.15) is 46.0 Å². The Balaban J connectivity index is 2.80. The van der Waals surface area contributed by atoms with E-state index in [0.29, 0.717) is 35.8 Å². The van der Waals surface area contributed by atoms with Crippen molar-refractivity contribution in [3.63, 3.8) is 0 Å². The Morgan fingerprint density at radius 3 is 2.04 bits per heavy atom. The van der Waals surface area contributed by atoms with Crippen molar-refractivity contribution in [3.8, 4) is 17.2 Å². The number of carbonyl (C=O) groups is 2. The Morgan fingerprint density at radius 1 is 1.00 bits per heavy atom. The first-order chi connectivity index (χ1) is 12.2. The van der Waals surface area contributed by atoms with Gasteiger partial charge in [0.15, 0.2) is 0 Å². The highest BCUT2D eigenvalue weighted by atomic mass is 16.5. The molecule has 0 heterocycles. The standard InChI is InChI=1S/C19H29NO6/c1-19(2,10-8-6-7-9-16(21)22)18(23)20-17-14(25-4)11-13(24-3)12-15(17)26-5/h11-12H,6-10H2,1-5H3,(H,20,23)(H,21,22). The fraction of sp³-hybridized carbons (Fsp3) is 0.579. The van der Waals surface area contributed by atoms with E-state index in [1.165, 1.54) is 14.2 Å². The lowest BCUT2D eigenvalue weighted by atomic mass is 9.85. The number of hydrogen-bond donors (Lipinski definition) is 2. The normalized spacial score (nSPS) is 11.0. The lowest BCUT2D eigenvalue weighted by molar-refractivity contribution is -0.137. The Hall–Kier alpha value is -2.44. The molecule has 0 radical (unpaired) electrons. The Labute approximate surface area is 154 Å². The summed E-state index contributed by atoms with van der Waals surface area (Å²) in [7, 11) is 4.56. The number of amides is 1. The van der Waals surface area contributed by atoms with Crippen molar-refractivity contribution >= 4 is 17.6 Å². The van der Waals surface area contributed by atoms with Crippen LogP contribution in [-0.2, 0) is 9.59 Å². The molecule has 1 aromatic carbocycles. The lowest BCUT2D eigenvalue weighted by Crippen LogP contribution is -2.31. The van der Waals surface area contributed by atoms with Crippen LogP contribution in [0.2, 0.25) is 0 Å². The first-order valence-electron chi connectivity index (χ1n) is 8.58. The molecule has 7 heteroatoms. The first kappa shape index (κ1) is 21.6. The van der Waals surface area contributed by atoms with Crippen molar-refractivity contribution in [3.05, 3.63) is 12.1 Å². The average Bonchev–Trinajstić information content (AvgIpc) is 2.60. The zero-order valence-electron chi connectivity index (χ0n) is 16.2. The van der Waals surface area contributed by atoms with Crippen molar-refractivity contribution in [1.82, 2.24) is 0 Å². The third-order valence-electron chi connectivity index (χ3n) is 4.26. The van der Waals surface area contributed by atoms with Crippen LogP contribution in [0, 0.1) is 5.41 Å². The van der Waals surface area contributed by atoms with Gasteiger partial charge in [0, 0.05) is 24.0 Å². The number of rotatable bonds is 11. The molecule has 2 N–H and O–H groups in total. The van der Waals surface area contributed by atoms with Crippen LogP contribution in [0.15, 0.2) is 12.1 Å². The van der Waals surface area contributed by atoms with Crippen LogP contribution in [0.5, 0.6) is 17.2 Å². The van der Waals surface area contributed by atoms with E-state index in [0.717, 1.165) is 12.8 Å². The van der Waals surface area contributed by atoms with Crippen molar-refractivity contribution in [2.24, 2.45) is 5.41 Å². The van der Waals surface area contributed by atoms with E-state index in [2.05, 4.69) is 5.32 Å². The molecule has 0 saturated heterocycles. The number of unbranched alkanes of at least 4 members (excludes halogenated alkanes) is 2. The maximum atomic E-state index is 12.7. The van der Waals surface area contributed by atoms with E-state index < -0.39 is 11.4 Å². The number of carboxylic acids is 1. The van der Waals surface area contributed by atoms with Gasteiger partial charge in [-0.25, -0.2) is 0 Å². The third kappa shape index (κ3) is 6.13. The summed E-state index contributed by atoms with van der Waals surface area (Å²) in [5.74, 6) is 0.520. The summed E-state index contributed by atoms with van der Waals surface area (Å²) < 4.78 is 15.9. The van der Waals surface area contributed by atoms with Crippen molar-refractivity contribution in [2.45, 2.75) is 46.0 Å². The van der Waals surface area contributed by atoms with E-state index in [-0.39, 0.29) is 12.3 Å². The lowest BCUT2D eigenvalue weighted by Gasteiger charge is -2.25. The third-order valence-corrected chi connectivity index (χ3v) is 4.26. The van der Waals surface area contributed by atoms with Gasteiger partial charge in [-0.2, -0.15) is 0 Å². The average molecular weight is 367 g/mol. The number of carboxylic acid groups (broad SMARTS) is 1. The number of ether oxygens (including phenoxy) is 3. The van der Waals surface area contributed by atoms with Crippen LogP contribution in [0.25, 0.3) is 0 Å². The summed E-state index contributed by atoms with van der Waals surface area (Å²) in [6.45, 7) is 3.73. The summed E-state index contributed by atoms with van der Waals surface area (Å²) >= 11 is 0. The highest BCUT2D eigenvalue weighted by Gasteiger charge is 2.29. The maximum absolute atomic E-state index is 12.7. The van der Waals surface area contributed by atoms with E-state index in [1.54, 1.807) is 19.2 Å². The number of methoxy groups -OCH3 is 3. The molecule has 1 rings (SSSR count). The minimum Gasteiger partial charge on any atom is -0.496 e. The van der Waals surface area contributed by atoms with Gasteiger partial charge in [-0.05, 0) is 12.8 Å². The predicted octanol–water partition coefficient (Wildman–Crippen LogP) is 3.71. The second-order valence-electron chi connectivity index (χ2n) is 6.70. The van der Waals surface area contributed by atoms with Gasteiger partial charge in [0.2, 0.25) is 5.91 Å². The molecular formula is C19H29NO6. The molecule has 0 aromatic heterocycles. The number of carbonyl (C=O) groups excluding carboxylic acids is 1. The minimum absolute atomic E-state index is 0.155. The molecule has 0 aliphatic rings. The predicted molar refractivity (Wildman–Crippen MR) is 99.2 cm³/mol. The quantitative estimate of drug-likeness (QED) is 0.579. The molecule has 0 fully saturated rings. The van der Waals surface area contributed by atoms with E-state index >= 15 is 0 Å². The van der Waals surface area contributed by atoms with Gasteiger partial charge in [0.05, 0.1) is 21.3 Å². The molecule has 0 bridgehead atoms. The molecule has 1 aromatic rings. The first-order valence-corrected chi connectivity index (χ1v) is 8.58. The van der Waals surface area contributed by atoms with Gasteiger partial charge in [-0.1, -0.05) is 26.7 Å². The molecule has 0 spiro atoms. The van der Waals surface area contributed by atoms with Crippen molar-refractivity contribution in [1.29, 1.82) is 0 Å². The summed E-state index contributed by atoms with van der Waals surface area (Å²) in [6, 6.07) is 3.36. The van der Waals surface area contributed by atoms with Crippen LogP contribution in [0.4, 0.5) is 5.69 Å².